The van der Waals surface area contributed by atoms with Crippen molar-refractivity contribution in [1.29, 1.82) is 5.26 Å². The molecule has 2 nitrogen and oxygen atoms in total. The summed E-state index contributed by atoms with van der Waals surface area (Å²) in [5.74, 6) is -6.77. The fourth-order valence-corrected chi connectivity index (χ4v) is 1.69. The van der Waals surface area contributed by atoms with Gasteiger partial charge < -0.3 is 0 Å². The third-order valence-electron chi connectivity index (χ3n) is 2.66. The molecule has 0 aliphatic heterocycles. The Morgan fingerprint density at radius 2 is 1.40 bits per heavy atom. The molecule has 98 valence electrons. The van der Waals surface area contributed by atoms with Crippen molar-refractivity contribution < 1.29 is 17.6 Å². The van der Waals surface area contributed by atoms with E-state index in [9.17, 15) is 17.6 Å². The van der Waals surface area contributed by atoms with E-state index in [1.54, 1.807) is 0 Å². The van der Waals surface area contributed by atoms with Gasteiger partial charge in [-0.2, -0.15) is 5.26 Å². The van der Waals surface area contributed by atoms with E-state index in [1.165, 1.54) is 24.3 Å². The van der Waals surface area contributed by atoms with Gasteiger partial charge in [0.15, 0.2) is 29.0 Å². The van der Waals surface area contributed by atoms with Gasteiger partial charge in [-0.05, 0) is 5.56 Å². The van der Waals surface area contributed by atoms with Crippen LogP contribution < -0.4 is 0 Å². The molecule has 0 heterocycles. The largest absolute Gasteiger partial charge is 0.238 e. The number of nitriles is 1. The molecule has 0 aromatic heterocycles. The van der Waals surface area contributed by atoms with Crippen molar-refractivity contribution >= 4 is 5.69 Å². The molecule has 0 saturated heterocycles. The van der Waals surface area contributed by atoms with Gasteiger partial charge in [0.1, 0.15) is 11.6 Å². The van der Waals surface area contributed by atoms with Crippen LogP contribution in [-0.2, 0) is 0 Å². The summed E-state index contributed by atoms with van der Waals surface area (Å²) in [5.41, 5.74) is -2.13. The average Bonchev–Trinajstić information content (AvgIpc) is 2.47. The van der Waals surface area contributed by atoms with Crippen molar-refractivity contribution in [3.05, 3.63) is 64.5 Å². The molecule has 0 saturated carbocycles. The van der Waals surface area contributed by atoms with Crippen LogP contribution >= 0.6 is 0 Å². The maximum atomic E-state index is 13.8. The number of benzene rings is 2. The molecule has 0 atom stereocenters. The molecule has 0 unspecified atom stereocenters. The second-order valence-electron chi connectivity index (χ2n) is 3.78. The predicted octanol–water partition coefficient (Wildman–Crippen LogP) is 4.33. The molecule has 0 radical (unpaired) electrons. The van der Waals surface area contributed by atoms with E-state index in [2.05, 4.69) is 4.85 Å². The van der Waals surface area contributed by atoms with Crippen molar-refractivity contribution in [1.82, 2.24) is 0 Å². The van der Waals surface area contributed by atoms with Crippen LogP contribution in [0, 0.1) is 41.2 Å². The summed E-state index contributed by atoms with van der Waals surface area (Å²) in [7, 11) is 0. The van der Waals surface area contributed by atoms with Gasteiger partial charge in [0.25, 0.3) is 0 Å². The fourth-order valence-electron chi connectivity index (χ4n) is 1.69. The molecule has 6 heteroatoms. The Morgan fingerprint density at radius 3 is 1.80 bits per heavy atom. The highest BCUT2D eigenvalue weighted by Crippen LogP contribution is 2.32. The summed E-state index contributed by atoms with van der Waals surface area (Å²) in [4.78, 5) is 3.08. The summed E-state index contributed by atoms with van der Waals surface area (Å²) in [6.45, 7) is 6.75. The monoisotopic (exact) mass is 276 g/mol. The van der Waals surface area contributed by atoms with Crippen molar-refractivity contribution in [2.45, 2.75) is 0 Å². The number of halogens is 4. The molecule has 2 aromatic rings. The minimum absolute atomic E-state index is 0.130. The minimum atomic E-state index is -1.74. The van der Waals surface area contributed by atoms with Gasteiger partial charge in [0.05, 0.1) is 12.1 Å². The lowest BCUT2D eigenvalue weighted by atomic mass is 10.0. The molecule has 0 aliphatic rings. The first kappa shape index (κ1) is 13.6. The van der Waals surface area contributed by atoms with E-state index >= 15 is 0 Å². The van der Waals surface area contributed by atoms with E-state index in [1.807, 2.05) is 0 Å². The first-order valence-corrected chi connectivity index (χ1v) is 5.25. The van der Waals surface area contributed by atoms with Crippen molar-refractivity contribution in [3.8, 4) is 17.2 Å². The first-order chi connectivity index (χ1) is 9.51. The third-order valence-corrected chi connectivity index (χ3v) is 2.66. The highest BCUT2D eigenvalue weighted by molar-refractivity contribution is 5.68. The summed E-state index contributed by atoms with van der Waals surface area (Å²) in [6.07, 6.45) is 0. The summed E-state index contributed by atoms with van der Waals surface area (Å²) in [5, 5.41) is 8.48. The zero-order chi connectivity index (χ0) is 14.9. The standard InChI is InChI=1S/C14H4F4N2/c1-20-8-4-2-7(3-5-8)10-13(17)11(15)9(6-19)12(16)14(10)18/h2-5H. The Morgan fingerprint density at radius 1 is 0.900 bits per heavy atom. The zero-order valence-corrected chi connectivity index (χ0v) is 9.72. The Bertz CT molecular complexity index is 739. The zero-order valence-electron chi connectivity index (χ0n) is 9.72. The normalized spacial score (nSPS) is 9.90. The molecule has 0 bridgehead atoms. The van der Waals surface area contributed by atoms with Gasteiger partial charge in [-0.3, -0.25) is 0 Å². The summed E-state index contributed by atoms with van der Waals surface area (Å²) in [6, 6.07) is 5.92. The molecule has 0 spiro atoms. The second kappa shape index (κ2) is 5.02. The van der Waals surface area contributed by atoms with Crippen molar-refractivity contribution in [3.63, 3.8) is 0 Å². The summed E-state index contributed by atoms with van der Waals surface area (Å²) < 4.78 is 54.5. The quantitative estimate of drug-likeness (QED) is 0.433. The van der Waals surface area contributed by atoms with Crippen LogP contribution in [0.2, 0.25) is 0 Å². The maximum absolute atomic E-state index is 13.8. The van der Waals surface area contributed by atoms with Crippen LogP contribution in [0.5, 0.6) is 0 Å². The SMILES string of the molecule is [C-]#[N+]c1ccc(-c2c(F)c(F)c(C#N)c(F)c2F)cc1. The molecular formula is C14H4F4N2. The fraction of sp³-hybridized carbons (Fsp3) is 0. The Kier molecular flexibility index (Phi) is 3.41. The average molecular weight is 276 g/mol. The minimum Gasteiger partial charge on any atom is -0.238 e. The molecule has 0 amide bonds. The Hall–Kier alpha value is -2.86. The van der Waals surface area contributed by atoms with Gasteiger partial charge in [0.2, 0.25) is 0 Å². The molecule has 2 aromatic carbocycles. The lowest BCUT2D eigenvalue weighted by molar-refractivity contribution is 0.454. The lowest BCUT2D eigenvalue weighted by Gasteiger charge is -2.08. The van der Waals surface area contributed by atoms with E-state index in [-0.39, 0.29) is 11.3 Å². The van der Waals surface area contributed by atoms with E-state index in [0.29, 0.717) is 0 Å². The van der Waals surface area contributed by atoms with Crippen LogP contribution in [-0.4, -0.2) is 0 Å². The van der Waals surface area contributed by atoms with Crippen LogP contribution in [0.4, 0.5) is 23.2 Å². The molecule has 0 fully saturated rings. The molecule has 20 heavy (non-hydrogen) atoms. The number of nitrogens with zero attached hydrogens (tertiary/aromatic N) is 2. The van der Waals surface area contributed by atoms with Gasteiger partial charge in [-0.25, -0.2) is 22.4 Å². The summed E-state index contributed by atoms with van der Waals surface area (Å²) >= 11 is 0. The highest BCUT2D eigenvalue weighted by Gasteiger charge is 2.26. The number of rotatable bonds is 1. The van der Waals surface area contributed by atoms with Crippen molar-refractivity contribution in [2.75, 3.05) is 0 Å². The van der Waals surface area contributed by atoms with Crippen molar-refractivity contribution in [2.24, 2.45) is 0 Å². The Labute approximate surface area is 111 Å². The van der Waals surface area contributed by atoms with E-state index < -0.39 is 34.4 Å². The van der Waals surface area contributed by atoms with E-state index in [4.69, 9.17) is 11.8 Å². The maximum Gasteiger partial charge on any atom is 0.187 e. The molecule has 2 rings (SSSR count). The molecular weight excluding hydrogens is 272 g/mol. The van der Waals surface area contributed by atoms with E-state index in [0.717, 1.165) is 6.07 Å². The van der Waals surface area contributed by atoms with Crippen LogP contribution in [0.3, 0.4) is 0 Å². The molecule has 0 N–H and O–H groups in total. The van der Waals surface area contributed by atoms with Crippen LogP contribution in [0.1, 0.15) is 5.56 Å². The second-order valence-corrected chi connectivity index (χ2v) is 3.78. The van der Waals surface area contributed by atoms with Gasteiger partial charge in [0, 0.05) is 0 Å². The molecule has 0 aliphatic carbocycles. The third kappa shape index (κ3) is 1.98. The Balaban J connectivity index is 2.75. The van der Waals surface area contributed by atoms with Crippen LogP contribution in [0.25, 0.3) is 16.0 Å². The lowest BCUT2D eigenvalue weighted by Crippen LogP contribution is -2.03. The number of hydrogen-bond donors (Lipinski definition) is 0. The van der Waals surface area contributed by atoms with Gasteiger partial charge in [-0.15, -0.1) is 0 Å². The predicted molar refractivity (Wildman–Crippen MR) is 62.7 cm³/mol. The smallest absolute Gasteiger partial charge is 0.187 e. The van der Waals surface area contributed by atoms with Gasteiger partial charge in [-0.1, -0.05) is 24.3 Å². The highest BCUT2D eigenvalue weighted by atomic mass is 19.2. The van der Waals surface area contributed by atoms with Gasteiger partial charge >= 0.3 is 0 Å². The first-order valence-electron chi connectivity index (χ1n) is 5.25. The van der Waals surface area contributed by atoms with Crippen LogP contribution in [0.15, 0.2) is 24.3 Å². The number of hydrogen-bond acceptors (Lipinski definition) is 1. The topological polar surface area (TPSA) is 28.1 Å².